The fourth-order valence-corrected chi connectivity index (χ4v) is 2.02. The van der Waals surface area contributed by atoms with Gasteiger partial charge in [-0.1, -0.05) is 26.7 Å². The van der Waals surface area contributed by atoms with Gasteiger partial charge < -0.3 is 10.1 Å². The Kier molecular flexibility index (Phi) is 4.74. The lowest BCUT2D eigenvalue weighted by Gasteiger charge is -2.27. The maximum absolute atomic E-state index is 5.51. The topological polar surface area (TPSA) is 21.3 Å². The molecule has 0 amide bonds. The number of unbranched alkanes of at least 4 members (excludes halogenated alkanes) is 1. The minimum atomic E-state index is 0.464. The highest BCUT2D eigenvalue weighted by Crippen LogP contribution is 2.33. The van der Waals surface area contributed by atoms with Crippen LogP contribution in [0.1, 0.15) is 39.5 Å². The zero-order valence-corrected chi connectivity index (χ0v) is 9.07. The number of ether oxygens (including phenoxy) is 1. The van der Waals surface area contributed by atoms with E-state index in [1.807, 2.05) is 0 Å². The first-order valence-electron chi connectivity index (χ1n) is 5.61. The molecule has 1 aliphatic rings. The highest BCUT2D eigenvalue weighted by atomic mass is 16.5. The number of hydrogen-bond donors (Lipinski definition) is 1. The minimum absolute atomic E-state index is 0.464. The molecule has 1 rings (SSSR count). The molecule has 1 atom stereocenters. The Morgan fingerprint density at radius 1 is 1.38 bits per heavy atom. The Bertz CT molecular complexity index is 120. The van der Waals surface area contributed by atoms with E-state index >= 15 is 0 Å². The summed E-state index contributed by atoms with van der Waals surface area (Å²) in [6.07, 6.45) is 5.22. The van der Waals surface area contributed by atoms with Crippen LogP contribution in [0.15, 0.2) is 0 Å². The molecule has 0 bridgehead atoms. The van der Waals surface area contributed by atoms with Crippen molar-refractivity contribution < 1.29 is 4.74 Å². The van der Waals surface area contributed by atoms with Gasteiger partial charge in [-0.25, -0.2) is 0 Å². The van der Waals surface area contributed by atoms with E-state index < -0.39 is 0 Å². The summed E-state index contributed by atoms with van der Waals surface area (Å²) in [7, 11) is 0. The molecular weight excluding hydrogens is 162 g/mol. The van der Waals surface area contributed by atoms with Crippen molar-refractivity contribution in [3.05, 3.63) is 0 Å². The SMILES string of the molecule is CCCCC1(CNCC)CCOC1. The van der Waals surface area contributed by atoms with E-state index in [1.165, 1.54) is 25.7 Å². The standard InChI is InChI=1S/C11H23NO/c1-3-5-6-11(9-12-4-2)7-8-13-10-11/h12H,3-10H2,1-2H3. The molecule has 0 aromatic carbocycles. The Hall–Kier alpha value is -0.0800. The fraction of sp³-hybridized carbons (Fsp3) is 1.00. The molecule has 0 radical (unpaired) electrons. The largest absolute Gasteiger partial charge is 0.381 e. The highest BCUT2D eigenvalue weighted by Gasteiger charge is 2.33. The van der Waals surface area contributed by atoms with Gasteiger partial charge >= 0.3 is 0 Å². The summed E-state index contributed by atoms with van der Waals surface area (Å²) in [5.74, 6) is 0. The molecule has 78 valence electrons. The molecule has 0 aromatic heterocycles. The molecule has 2 nitrogen and oxygen atoms in total. The zero-order valence-electron chi connectivity index (χ0n) is 9.07. The first-order valence-corrected chi connectivity index (χ1v) is 5.61. The molecular formula is C11H23NO. The van der Waals surface area contributed by atoms with Crippen LogP contribution in [0.4, 0.5) is 0 Å². The van der Waals surface area contributed by atoms with Crippen molar-refractivity contribution in [3.8, 4) is 0 Å². The van der Waals surface area contributed by atoms with E-state index in [0.717, 1.165) is 26.3 Å². The van der Waals surface area contributed by atoms with Crippen LogP contribution >= 0.6 is 0 Å². The maximum Gasteiger partial charge on any atom is 0.0535 e. The van der Waals surface area contributed by atoms with Crippen LogP contribution in [-0.4, -0.2) is 26.3 Å². The van der Waals surface area contributed by atoms with E-state index in [1.54, 1.807) is 0 Å². The van der Waals surface area contributed by atoms with Gasteiger partial charge in [-0.05, 0) is 19.4 Å². The molecule has 0 aliphatic carbocycles. The van der Waals surface area contributed by atoms with Gasteiger partial charge in [0.05, 0.1) is 6.61 Å². The van der Waals surface area contributed by atoms with Crippen molar-refractivity contribution in [2.45, 2.75) is 39.5 Å². The van der Waals surface area contributed by atoms with Gasteiger partial charge in [0.15, 0.2) is 0 Å². The Morgan fingerprint density at radius 2 is 2.23 bits per heavy atom. The summed E-state index contributed by atoms with van der Waals surface area (Å²) in [6.45, 7) is 8.59. The molecule has 1 aliphatic heterocycles. The summed E-state index contributed by atoms with van der Waals surface area (Å²) >= 11 is 0. The number of hydrogen-bond acceptors (Lipinski definition) is 2. The van der Waals surface area contributed by atoms with Crippen LogP contribution in [-0.2, 0) is 4.74 Å². The minimum Gasteiger partial charge on any atom is -0.381 e. The number of nitrogens with one attached hydrogen (secondary N) is 1. The van der Waals surface area contributed by atoms with Crippen LogP contribution in [0.2, 0.25) is 0 Å². The summed E-state index contributed by atoms with van der Waals surface area (Å²) in [5, 5.41) is 3.46. The lowest BCUT2D eigenvalue weighted by atomic mass is 9.82. The predicted octanol–water partition coefficient (Wildman–Crippen LogP) is 2.19. The molecule has 1 heterocycles. The van der Waals surface area contributed by atoms with E-state index in [4.69, 9.17) is 4.74 Å². The van der Waals surface area contributed by atoms with E-state index in [2.05, 4.69) is 19.2 Å². The average Bonchev–Trinajstić information content (AvgIpc) is 2.61. The first-order chi connectivity index (χ1) is 6.33. The second-order valence-electron chi connectivity index (χ2n) is 4.19. The maximum atomic E-state index is 5.51. The van der Waals surface area contributed by atoms with Crippen LogP contribution in [0.5, 0.6) is 0 Å². The van der Waals surface area contributed by atoms with Gasteiger partial charge in [-0.15, -0.1) is 0 Å². The molecule has 1 unspecified atom stereocenters. The van der Waals surface area contributed by atoms with Crippen molar-refractivity contribution >= 4 is 0 Å². The van der Waals surface area contributed by atoms with Crippen molar-refractivity contribution in [1.82, 2.24) is 5.32 Å². The van der Waals surface area contributed by atoms with Crippen LogP contribution in [0.25, 0.3) is 0 Å². The predicted molar refractivity (Wildman–Crippen MR) is 55.9 cm³/mol. The van der Waals surface area contributed by atoms with E-state index in [0.29, 0.717) is 5.41 Å². The molecule has 13 heavy (non-hydrogen) atoms. The smallest absolute Gasteiger partial charge is 0.0535 e. The van der Waals surface area contributed by atoms with Gasteiger partial charge in [-0.2, -0.15) is 0 Å². The van der Waals surface area contributed by atoms with Gasteiger partial charge in [0.1, 0.15) is 0 Å². The normalized spacial score (nSPS) is 28.2. The summed E-state index contributed by atoms with van der Waals surface area (Å²) in [6, 6.07) is 0. The van der Waals surface area contributed by atoms with Crippen molar-refractivity contribution in [2.75, 3.05) is 26.3 Å². The average molecular weight is 185 g/mol. The van der Waals surface area contributed by atoms with Crippen molar-refractivity contribution in [2.24, 2.45) is 5.41 Å². The van der Waals surface area contributed by atoms with Crippen molar-refractivity contribution in [1.29, 1.82) is 0 Å². The van der Waals surface area contributed by atoms with Crippen molar-refractivity contribution in [3.63, 3.8) is 0 Å². The summed E-state index contributed by atoms with van der Waals surface area (Å²) in [5.41, 5.74) is 0.464. The second kappa shape index (κ2) is 5.61. The van der Waals surface area contributed by atoms with Crippen LogP contribution in [0.3, 0.4) is 0 Å². The third-order valence-corrected chi connectivity index (χ3v) is 3.00. The third kappa shape index (κ3) is 3.28. The lowest BCUT2D eigenvalue weighted by Crippen LogP contribution is -2.34. The first kappa shape index (κ1) is 11.0. The molecule has 2 heteroatoms. The van der Waals surface area contributed by atoms with Gasteiger partial charge in [0.2, 0.25) is 0 Å². The Balaban J connectivity index is 2.33. The lowest BCUT2D eigenvalue weighted by molar-refractivity contribution is 0.142. The Labute approximate surface area is 82.0 Å². The second-order valence-corrected chi connectivity index (χ2v) is 4.19. The van der Waals surface area contributed by atoms with E-state index in [9.17, 15) is 0 Å². The molecule has 1 saturated heterocycles. The zero-order chi connectivity index (χ0) is 9.57. The molecule has 0 spiro atoms. The summed E-state index contributed by atoms with van der Waals surface area (Å²) < 4.78 is 5.51. The highest BCUT2D eigenvalue weighted by molar-refractivity contribution is 4.85. The van der Waals surface area contributed by atoms with E-state index in [-0.39, 0.29) is 0 Å². The molecule has 1 fully saturated rings. The van der Waals surface area contributed by atoms with Gasteiger partial charge in [0.25, 0.3) is 0 Å². The quantitative estimate of drug-likeness (QED) is 0.685. The summed E-state index contributed by atoms with van der Waals surface area (Å²) in [4.78, 5) is 0. The molecule has 0 saturated carbocycles. The van der Waals surface area contributed by atoms with Gasteiger partial charge in [0, 0.05) is 18.6 Å². The monoisotopic (exact) mass is 185 g/mol. The molecule has 1 N–H and O–H groups in total. The Morgan fingerprint density at radius 3 is 2.77 bits per heavy atom. The van der Waals surface area contributed by atoms with Crippen LogP contribution in [0, 0.1) is 5.41 Å². The van der Waals surface area contributed by atoms with Crippen LogP contribution < -0.4 is 5.32 Å². The third-order valence-electron chi connectivity index (χ3n) is 3.00. The molecule has 0 aromatic rings. The number of rotatable bonds is 6. The van der Waals surface area contributed by atoms with Gasteiger partial charge in [-0.3, -0.25) is 0 Å². The fourth-order valence-electron chi connectivity index (χ4n) is 2.02.